The molecule has 1 fully saturated rings. The van der Waals surface area contributed by atoms with Gasteiger partial charge in [-0.1, -0.05) is 52.4 Å². The molecule has 0 amide bonds. The Balaban J connectivity index is 2.47. The van der Waals surface area contributed by atoms with E-state index < -0.39 is 5.79 Å². The fourth-order valence-electron chi connectivity index (χ4n) is 3.59. The van der Waals surface area contributed by atoms with Gasteiger partial charge in [-0.05, 0) is 26.2 Å². The summed E-state index contributed by atoms with van der Waals surface area (Å²) in [5, 5.41) is 0. The van der Waals surface area contributed by atoms with Crippen molar-refractivity contribution < 1.29 is 18.9 Å². The van der Waals surface area contributed by atoms with E-state index in [4.69, 9.17) is 18.9 Å². The highest BCUT2D eigenvalue weighted by atomic mass is 16.7. The van der Waals surface area contributed by atoms with Crippen molar-refractivity contribution in [1.29, 1.82) is 0 Å². The summed E-state index contributed by atoms with van der Waals surface area (Å²) < 4.78 is 22.8. The fourth-order valence-corrected chi connectivity index (χ4v) is 3.59. The number of ether oxygens (including phenoxy) is 4. The molecule has 0 aromatic heterocycles. The van der Waals surface area contributed by atoms with Gasteiger partial charge < -0.3 is 18.9 Å². The van der Waals surface area contributed by atoms with E-state index in [9.17, 15) is 0 Å². The summed E-state index contributed by atoms with van der Waals surface area (Å²) in [5.74, 6) is -0.129. The number of epoxide rings is 1. The molecule has 0 aromatic carbocycles. The third-order valence-corrected chi connectivity index (χ3v) is 5.30. The van der Waals surface area contributed by atoms with Crippen LogP contribution in [0.15, 0.2) is 0 Å². The van der Waals surface area contributed by atoms with Crippen molar-refractivity contribution in [3.8, 4) is 0 Å². The number of hydrogen-bond acceptors (Lipinski definition) is 4. The van der Waals surface area contributed by atoms with Gasteiger partial charge in [-0.15, -0.1) is 0 Å². The van der Waals surface area contributed by atoms with Crippen LogP contribution in [-0.4, -0.2) is 45.4 Å². The number of methoxy groups -OCH3 is 2. The van der Waals surface area contributed by atoms with Crippen molar-refractivity contribution >= 4 is 0 Å². The van der Waals surface area contributed by atoms with Crippen LogP contribution in [0.1, 0.15) is 78.6 Å². The van der Waals surface area contributed by atoms with E-state index in [0.29, 0.717) is 18.6 Å². The average Bonchev–Trinajstić information content (AvgIpc) is 3.42. The second-order valence-electron chi connectivity index (χ2n) is 7.16. The van der Waals surface area contributed by atoms with Gasteiger partial charge in [-0.2, -0.15) is 0 Å². The Kier molecular flexibility index (Phi) is 11.2. The lowest BCUT2D eigenvalue weighted by Crippen LogP contribution is -2.43. The van der Waals surface area contributed by atoms with Crippen molar-refractivity contribution in [2.45, 2.75) is 96.6 Å². The van der Waals surface area contributed by atoms with Crippen molar-refractivity contribution in [2.75, 3.05) is 27.4 Å². The highest BCUT2D eigenvalue weighted by Gasteiger charge is 2.38. The molecule has 0 aliphatic carbocycles. The molecule has 3 unspecified atom stereocenters. The lowest BCUT2D eigenvalue weighted by molar-refractivity contribution is -0.248. The van der Waals surface area contributed by atoms with Gasteiger partial charge in [-0.25, -0.2) is 0 Å². The summed E-state index contributed by atoms with van der Waals surface area (Å²) in [4.78, 5) is 0. The molecule has 144 valence electrons. The molecule has 3 atom stereocenters. The molecule has 0 spiro atoms. The van der Waals surface area contributed by atoms with Crippen LogP contribution in [0.25, 0.3) is 0 Å². The summed E-state index contributed by atoms with van der Waals surface area (Å²) >= 11 is 0. The molecule has 0 N–H and O–H groups in total. The first-order valence-corrected chi connectivity index (χ1v) is 9.95. The highest BCUT2D eigenvalue weighted by molar-refractivity contribution is 4.81. The largest absolute Gasteiger partial charge is 0.376 e. The summed E-state index contributed by atoms with van der Waals surface area (Å²) in [7, 11) is 3.54. The lowest BCUT2D eigenvalue weighted by Gasteiger charge is -2.39. The predicted molar refractivity (Wildman–Crippen MR) is 98.3 cm³/mol. The van der Waals surface area contributed by atoms with Crippen LogP contribution in [0.3, 0.4) is 0 Å². The zero-order valence-electron chi connectivity index (χ0n) is 16.6. The molecule has 4 heteroatoms. The van der Waals surface area contributed by atoms with Crippen LogP contribution < -0.4 is 0 Å². The molecule has 1 saturated heterocycles. The van der Waals surface area contributed by atoms with Crippen LogP contribution in [-0.2, 0) is 18.9 Å². The van der Waals surface area contributed by atoms with Crippen LogP contribution >= 0.6 is 0 Å². The Morgan fingerprint density at radius 3 is 2.21 bits per heavy atom. The smallest absolute Gasteiger partial charge is 0.170 e. The van der Waals surface area contributed by atoms with E-state index in [1.54, 1.807) is 14.2 Å². The zero-order chi connectivity index (χ0) is 17.8. The first-order valence-electron chi connectivity index (χ1n) is 9.95. The minimum absolute atomic E-state index is 0.204. The molecule has 0 saturated carbocycles. The summed E-state index contributed by atoms with van der Waals surface area (Å²) in [6.45, 7) is 8.12. The van der Waals surface area contributed by atoms with Crippen LogP contribution in [0, 0.1) is 5.92 Å². The molecule has 1 aliphatic heterocycles. The third-order valence-electron chi connectivity index (χ3n) is 5.30. The van der Waals surface area contributed by atoms with E-state index in [1.807, 2.05) is 0 Å². The maximum Gasteiger partial charge on any atom is 0.170 e. The number of rotatable bonds is 16. The van der Waals surface area contributed by atoms with Crippen LogP contribution in [0.4, 0.5) is 0 Å². The average molecular weight is 345 g/mol. The second kappa shape index (κ2) is 12.2. The molecule has 1 heterocycles. The standard InChI is InChI=1S/C20H40O4/c1-6-8-9-10-11-12-13-18(20(7-2,21-4)22-5)14-17(3)23-15-19-16-24-19/h17-19H,6-16H2,1-5H3. The Bertz CT molecular complexity index is 292. The molecular weight excluding hydrogens is 304 g/mol. The SMILES string of the molecule is CCCCCCCCC(CC(C)OCC1CO1)C(CC)(OC)OC. The molecule has 0 radical (unpaired) electrons. The maximum absolute atomic E-state index is 5.95. The van der Waals surface area contributed by atoms with Gasteiger partial charge in [0.1, 0.15) is 6.10 Å². The molecule has 0 bridgehead atoms. The van der Waals surface area contributed by atoms with Gasteiger partial charge in [0.2, 0.25) is 0 Å². The van der Waals surface area contributed by atoms with Gasteiger partial charge in [0.05, 0.1) is 19.3 Å². The minimum Gasteiger partial charge on any atom is -0.376 e. The van der Waals surface area contributed by atoms with Gasteiger partial charge in [0.15, 0.2) is 5.79 Å². The molecule has 24 heavy (non-hydrogen) atoms. The summed E-state index contributed by atoms with van der Waals surface area (Å²) in [5.41, 5.74) is 0. The lowest BCUT2D eigenvalue weighted by atomic mass is 9.85. The Hall–Kier alpha value is -0.160. The van der Waals surface area contributed by atoms with Gasteiger partial charge in [0.25, 0.3) is 0 Å². The number of unbranched alkanes of at least 4 members (excludes halogenated alkanes) is 5. The van der Waals surface area contributed by atoms with Crippen LogP contribution in [0.5, 0.6) is 0 Å². The Morgan fingerprint density at radius 2 is 1.67 bits per heavy atom. The first kappa shape index (κ1) is 21.9. The molecule has 1 aliphatic rings. The molecular formula is C20H40O4. The van der Waals surface area contributed by atoms with Crippen molar-refractivity contribution in [3.05, 3.63) is 0 Å². The first-order chi connectivity index (χ1) is 11.6. The zero-order valence-corrected chi connectivity index (χ0v) is 16.6. The highest BCUT2D eigenvalue weighted by Crippen LogP contribution is 2.35. The second-order valence-corrected chi connectivity index (χ2v) is 7.16. The van der Waals surface area contributed by atoms with Gasteiger partial charge in [-0.3, -0.25) is 0 Å². The van der Waals surface area contributed by atoms with Gasteiger partial charge in [0, 0.05) is 20.1 Å². The van der Waals surface area contributed by atoms with E-state index in [1.165, 1.54) is 38.5 Å². The quantitative estimate of drug-likeness (QED) is 0.226. The van der Waals surface area contributed by atoms with Crippen molar-refractivity contribution in [1.82, 2.24) is 0 Å². The predicted octanol–water partition coefficient (Wildman–Crippen LogP) is 4.95. The molecule has 0 aromatic rings. The minimum atomic E-state index is -0.489. The topological polar surface area (TPSA) is 40.2 Å². The normalized spacial score (nSPS) is 20.1. The van der Waals surface area contributed by atoms with E-state index >= 15 is 0 Å². The maximum atomic E-state index is 5.95. The Morgan fingerprint density at radius 1 is 1.04 bits per heavy atom. The summed E-state index contributed by atoms with van der Waals surface area (Å²) in [6, 6.07) is 0. The summed E-state index contributed by atoms with van der Waals surface area (Å²) in [6.07, 6.45) is 11.4. The van der Waals surface area contributed by atoms with Gasteiger partial charge >= 0.3 is 0 Å². The monoisotopic (exact) mass is 344 g/mol. The van der Waals surface area contributed by atoms with Crippen molar-refractivity contribution in [2.24, 2.45) is 5.92 Å². The number of hydrogen-bond donors (Lipinski definition) is 0. The fraction of sp³-hybridized carbons (Fsp3) is 1.00. The van der Waals surface area contributed by atoms with E-state index in [0.717, 1.165) is 25.9 Å². The van der Waals surface area contributed by atoms with E-state index in [-0.39, 0.29) is 6.10 Å². The molecule has 1 rings (SSSR count). The molecule has 4 nitrogen and oxygen atoms in total. The van der Waals surface area contributed by atoms with Crippen LogP contribution in [0.2, 0.25) is 0 Å². The Labute approximate surface area is 149 Å². The van der Waals surface area contributed by atoms with E-state index in [2.05, 4.69) is 20.8 Å². The van der Waals surface area contributed by atoms with Crippen molar-refractivity contribution in [3.63, 3.8) is 0 Å². The third kappa shape index (κ3) is 7.81.